The molecule has 0 radical (unpaired) electrons. The third-order valence-corrected chi connectivity index (χ3v) is 6.16. The highest BCUT2D eigenvalue weighted by Crippen LogP contribution is 2.35. The lowest BCUT2D eigenvalue weighted by Gasteiger charge is -2.26. The summed E-state index contributed by atoms with van der Waals surface area (Å²) in [5.41, 5.74) is 2.08. The smallest absolute Gasteiger partial charge is 0.263 e. The second kappa shape index (κ2) is 7.44. The summed E-state index contributed by atoms with van der Waals surface area (Å²) in [5, 5.41) is 0.745. The lowest BCUT2D eigenvalue weighted by atomic mass is 10.0. The quantitative estimate of drug-likeness (QED) is 0.697. The van der Waals surface area contributed by atoms with Crippen molar-refractivity contribution in [3.05, 3.63) is 50.3 Å². The van der Waals surface area contributed by atoms with Crippen LogP contribution >= 0.6 is 23.6 Å². The molecule has 2 aromatic heterocycles. The van der Waals surface area contributed by atoms with E-state index in [0.717, 1.165) is 59.1 Å². The largest absolute Gasteiger partial charge is 0.379 e. The third-order valence-electron chi connectivity index (χ3n) is 4.81. The molecule has 1 aromatic carbocycles. The van der Waals surface area contributed by atoms with Gasteiger partial charge in [-0.2, -0.15) is 0 Å². The molecule has 0 amide bonds. The highest BCUT2D eigenvalue weighted by Gasteiger charge is 2.18. The molecule has 3 aromatic rings. The first-order valence-electron chi connectivity index (χ1n) is 8.77. The molecule has 5 nitrogen and oxygen atoms in total. The molecular weight excluding hydrogens is 366 g/mol. The Bertz CT molecular complexity index is 1030. The molecule has 1 N–H and O–H groups in total. The normalized spacial score (nSPS) is 15.6. The van der Waals surface area contributed by atoms with Crippen molar-refractivity contribution in [2.45, 2.75) is 13.5 Å². The summed E-state index contributed by atoms with van der Waals surface area (Å²) in [6, 6.07) is 10.1. The maximum Gasteiger partial charge on any atom is 0.263 e. The number of morpholine rings is 1. The van der Waals surface area contributed by atoms with Gasteiger partial charge in [0.25, 0.3) is 5.56 Å². The molecule has 0 unspecified atom stereocenters. The summed E-state index contributed by atoms with van der Waals surface area (Å²) in [6.07, 6.45) is 0. The van der Waals surface area contributed by atoms with E-state index < -0.39 is 0 Å². The van der Waals surface area contributed by atoms with Crippen molar-refractivity contribution in [3.63, 3.8) is 0 Å². The van der Waals surface area contributed by atoms with Gasteiger partial charge in [-0.15, -0.1) is 11.3 Å². The van der Waals surface area contributed by atoms with Crippen molar-refractivity contribution < 1.29 is 4.74 Å². The number of aromatic amines is 1. The van der Waals surface area contributed by atoms with Crippen molar-refractivity contribution in [3.8, 4) is 11.1 Å². The lowest BCUT2D eigenvalue weighted by molar-refractivity contribution is 0.0362. The number of fused-ring (bicyclic) bond motifs is 1. The zero-order chi connectivity index (χ0) is 18.1. The molecule has 1 aliphatic rings. The molecule has 0 atom stereocenters. The maximum absolute atomic E-state index is 13.3. The fourth-order valence-electron chi connectivity index (χ4n) is 3.45. The summed E-state index contributed by atoms with van der Waals surface area (Å²) in [6.45, 7) is 6.76. The average Bonchev–Trinajstić information content (AvgIpc) is 2.99. The topological polar surface area (TPSA) is 50.3 Å². The molecule has 0 spiro atoms. The molecule has 0 aliphatic carbocycles. The summed E-state index contributed by atoms with van der Waals surface area (Å²) in [4.78, 5) is 20.8. The van der Waals surface area contributed by atoms with Gasteiger partial charge in [-0.3, -0.25) is 14.3 Å². The van der Waals surface area contributed by atoms with Crippen LogP contribution in [0.3, 0.4) is 0 Å². The van der Waals surface area contributed by atoms with Crippen molar-refractivity contribution >= 4 is 33.8 Å². The summed E-state index contributed by atoms with van der Waals surface area (Å²) >= 11 is 7.07. The second-order valence-electron chi connectivity index (χ2n) is 6.44. The van der Waals surface area contributed by atoms with Gasteiger partial charge in [0.15, 0.2) is 4.77 Å². The molecule has 3 heterocycles. The van der Waals surface area contributed by atoms with Gasteiger partial charge in [0.1, 0.15) is 4.83 Å². The van der Waals surface area contributed by atoms with Crippen LogP contribution in [0.15, 0.2) is 35.1 Å². The van der Waals surface area contributed by atoms with Gasteiger partial charge in [-0.1, -0.05) is 30.3 Å². The van der Waals surface area contributed by atoms with Crippen LogP contribution in [0.1, 0.15) is 4.88 Å². The minimum Gasteiger partial charge on any atom is -0.379 e. The Hall–Kier alpha value is -1.80. The second-order valence-corrected chi connectivity index (χ2v) is 8.06. The SMILES string of the molecule is Cc1sc2[nH]c(=S)n(CCN3CCOCC3)c(=O)c2c1-c1ccccc1. The summed E-state index contributed by atoms with van der Waals surface area (Å²) in [7, 11) is 0. The van der Waals surface area contributed by atoms with Crippen molar-refractivity contribution in [1.82, 2.24) is 14.5 Å². The van der Waals surface area contributed by atoms with E-state index in [0.29, 0.717) is 11.3 Å². The Morgan fingerprint density at radius 3 is 2.65 bits per heavy atom. The molecule has 0 bridgehead atoms. The van der Waals surface area contributed by atoms with Gasteiger partial charge in [0.05, 0.1) is 18.6 Å². The van der Waals surface area contributed by atoms with Crippen molar-refractivity contribution in [1.29, 1.82) is 0 Å². The summed E-state index contributed by atoms with van der Waals surface area (Å²) in [5.74, 6) is 0. The Morgan fingerprint density at radius 2 is 1.92 bits per heavy atom. The molecule has 1 fully saturated rings. The van der Waals surface area contributed by atoms with E-state index in [1.54, 1.807) is 15.9 Å². The number of rotatable bonds is 4. The predicted molar refractivity (Wildman–Crippen MR) is 109 cm³/mol. The Balaban J connectivity index is 1.77. The number of hydrogen-bond acceptors (Lipinski definition) is 5. The maximum atomic E-state index is 13.3. The molecular formula is C19H21N3O2S2. The number of aromatic nitrogens is 2. The molecule has 136 valence electrons. The van der Waals surface area contributed by atoms with Crippen LogP contribution < -0.4 is 5.56 Å². The van der Waals surface area contributed by atoms with Crippen molar-refractivity contribution in [2.24, 2.45) is 0 Å². The number of benzene rings is 1. The van der Waals surface area contributed by atoms with Crippen LogP contribution in [0.4, 0.5) is 0 Å². The zero-order valence-corrected chi connectivity index (χ0v) is 16.3. The minimum atomic E-state index is 0.000197. The zero-order valence-electron chi connectivity index (χ0n) is 14.7. The first-order valence-corrected chi connectivity index (χ1v) is 9.99. The monoisotopic (exact) mass is 387 g/mol. The molecule has 1 saturated heterocycles. The molecule has 1 aliphatic heterocycles. The van der Waals surface area contributed by atoms with Crippen LogP contribution in [0.2, 0.25) is 0 Å². The van der Waals surface area contributed by atoms with Gasteiger partial charge >= 0.3 is 0 Å². The third kappa shape index (κ3) is 3.27. The van der Waals surface area contributed by atoms with Gasteiger partial charge < -0.3 is 9.72 Å². The van der Waals surface area contributed by atoms with E-state index in [2.05, 4.69) is 16.8 Å². The van der Waals surface area contributed by atoms with E-state index >= 15 is 0 Å². The first kappa shape index (κ1) is 17.6. The van der Waals surface area contributed by atoms with Crippen LogP contribution in [-0.4, -0.2) is 47.3 Å². The van der Waals surface area contributed by atoms with Crippen LogP contribution in [-0.2, 0) is 11.3 Å². The molecule has 4 rings (SSSR count). The van der Waals surface area contributed by atoms with Gasteiger partial charge in [0.2, 0.25) is 0 Å². The highest BCUT2D eigenvalue weighted by atomic mass is 32.1. The molecule has 0 saturated carbocycles. The van der Waals surface area contributed by atoms with Crippen molar-refractivity contribution in [2.75, 3.05) is 32.8 Å². The average molecular weight is 388 g/mol. The van der Waals surface area contributed by atoms with Gasteiger partial charge in [-0.25, -0.2) is 0 Å². The fourth-order valence-corrected chi connectivity index (χ4v) is 4.86. The minimum absolute atomic E-state index is 0.000197. The van der Waals surface area contributed by atoms with Crippen LogP contribution in [0.5, 0.6) is 0 Å². The van der Waals surface area contributed by atoms with E-state index in [1.165, 1.54) is 0 Å². The predicted octanol–water partition coefficient (Wildman–Crippen LogP) is 3.43. The lowest BCUT2D eigenvalue weighted by Crippen LogP contribution is -2.39. The van der Waals surface area contributed by atoms with Gasteiger partial charge in [0, 0.05) is 36.6 Å². The standard InChI is InChI=1S/C19H21N3O2S2/c1-13-15(14-5-3-2-4-6-14)16-17(26-13)20-19(25)22(18(16)23)8-7-21-9-11-24-12-10-21/h2-6H,7-12H2,1H3,(H,20,25). The Kier molecular flexibility index (Phi) is 5.04. The number of aryl methyl sites for hydroxylation is 1. The number of nitrogens with one attached hydrogen (secondary N) is 1. The molecule has 26 heavy (non-hydrogen) atoms. The first-order chi connectivity index (χ1) is 12.6. The number of H-pyrrole nitrogens is 1. The number of nitrogens with zero attached hydrogens (tertiary/aromatic N) is 2. The van der Waals surface area contributed by atoms with E-state index in [1.807, 2.05) is 30.3 Å². The summed E-state index contributed by atoms with van der Waals surface area (Å²) < 4.78 is 7.59. The van der Waals surface area contributed by atoms with Crippen LogP contribution in [0.25, 0.3) is 21.3 Å². The number of thiophene rings is 1. The van der Waals surface area contributed by atoms with E-state index in [9.17, 15) is 4.79 Å². The highest BCUT2D eigenvalue weighted by molar-refractivity contribution is 7.71. The van der Waals surface area contributed by atoms with E-state index in [4.69, 9.17) is 17.0 Å². The number of ether oxygens (including phenoxy) is 1. The van der Waals surface area contributed by atoms with E-state index in [-0.39, 0.29) is 5.56 Å². The fraction of sp³-hybridized carbons (Fsp3) is 0.368. The van der Waals surface area contributed by atoms with Crippen LogP contribution in [0, 0.1) is 11.7 Å². The number of hydrogen-bond donors (Lipinski definition) is 1. The Morgan fingerprint density at radius 1 is 1.19 bits per heavy atom. The Labute approximate surface area is 160 Å². The molecule has 7 heteroatoms. The van der Waals surface area contributed by atoms with Gasteiger partial charge in [-0.05, 0) is 24.7 Å².